The van der Waals surface area contributed by atoms with Gasteiger partial charge in [0.1, 0.15) is 11.6 Å². The normalized spacial score (nSPS) is 13.9. The van der Waals surface area contributed by atoms with Crippen LogP contribution in [0.4, 0.5) is 4.79 Å². The van der Waals surface area contributed by atoms with Crippen LogP contribution in [0.3, 0.4) is 0 Å². The Morgan fingerprint density at radius 1 is 1.28 bits per heavy atom. The van der Waals surface area contributed by atoms with Gasteiger partial charge in [-0.15, -0.1) is 0 Å². The first-order chi connectivity index (χ1) is 7.99. The SMILES string of the molecule is CCSC(C)(C)C(NC(=O)OC(C)(C)C)C(=O)O. The number of alkyl carbamates (subject to hydrolysis) is 1. The molecule has 0 bridgehead atoms. The zero-order chi connectivity index (χ0) is 14.6. The Kier molecular flexibility index (Phi) is 5.99. The van der Waals surface area contributed by atoms with Crippen molar-refractivity contribution < 1.29 is 19.4 Å². The molecule has 0 aliphatic heterocycles. The lowest BCUT2D eigenvalue weighted by Gasteiger charge is -2.31. The summed E-state index contributed by atoms with van der Waals surface area (Å²) in [6.07, 6.45) is -0.709. The number of thioether (sulfide) groups is 1. The molecule has 0 spiro atoms. The molecule has 1 unspecified atom stereocenters. The molecule has 5 nitrogen and oxygen atoms in total. The summed E-state index contributed by atoms with van der Waals surface area (Å²) in [5.74, 6) is -0.293. The van der Waals surface area contributed by atoms with Crippen molar-refractivity contribution in [2.45, 2.75) is 57.9 Å². The second-order valence-corrected chi connectivity index (χ2v) is 7.37. The molecule has 0 aromatic heterocycles. The molecule has 0 aromatic carbocycles. The van der Waals surface area contributed by atoms with Gasteiger partial charge in [0.25, 0.3) is 0 Å². The molecule has 1 amide bonds. The number of carbonyl (C=O) groups excluding carboxylic acids is 1. The number of ether oxygens (including phenoxy) is 1. The Hall–Kier alpha value is -0.910. The Labute approximate surface area is 113 Å². The van der Waals surface area contributed by atoms with Crippen LogP contribution in [0, 0.1) is 0 Å². The van der Waals surface area contributed by atoms with E-state index in [0.29, 0.717) is 0 Å². The second kappa shape index (κ2) is 6.31. The quantitative estimate of drug-likeness (QED) is 0.807. The van der Waals surface area contributed by atoms with E-state index in [2.05, 4.69) is 5.32 Å². The van der Waals surface area contributed by atoms with Crippen LogP contribution in [-0.2, 0) is 9.53 Å². The molecule has 0 radical (unpaired) electrons. The lowest BCUT2D eigenvalue weighted by molar-refractivity contribution is -0.140. The van der Waals surface area contributed by atoms with Crippen molar-refractivity contribution in [3.8, 4) is 0 Å². The summed E-state index contributed by atoms with van der Waals surface area (Å²) in [4.78, 5) is 22.9. The minimum Gasteiger partial charge on any atom is -0.480 e. The van der Waals surface area contributed by atoms with Gasteiger partial charge < -0.3 is 15.2 Å². The molecule has 0 rings (SSSR count). The third-order valence-corrected chi connectivity index (χ3v) is 3.39. The molecule has 106 valence electrons. The zero-order valence-corrected chi connectivity index (χ0v) is 12.7. The summed E-state index contributed by atoms with van der Waals surface area (Å²) in [5.41, 5.74) is -0.644. The average Bonchev–Trinajstić information content (AvgIpc) is 2.10. The van der Waals surface area contributed by atoms with Crippen LogP contribution < -0.4 is 5.32 Å². The maximum atomic E-state index is 11.6. The highest BCUT2D eigenvalue weighted by molar-refractivity contribution is 8.00. The lowest BCUT2D eigenvalue weighted by atomic mass is 10.0. The average molecular weight is 277 g/mol. The van der Waals surface area contributed by atoms with Gasteiger partial charge in [-0.2, -0.15) is 11.8 Å². The Morgan fingerprint density at radius 3 is 2.11 bits per heavy atom. The molecular weight excluding hydrogens is 254 g/mol. The first-order valence-electron chi connectivity index (χ1n) is 5.86. The molecule has 2 N–H and O–H groups in total. The predicted octanol–water partition coefficient (Wildman–Crippen LogP) is 2.50. The smallest absolute Gasteiger partial charge is 0.408 e. The summed E-state index contributed by atoms with van der Waals surface area (Å²) in [5, 5.41) is 11.6. The maximum Gasteiger partial charge on any atom is 0.408 e. The summed E-state index contributed by atoms with van der Waals surface area (Å²) in [6.45, 7) is 10.7. The second-order valence-electron chi connectivity index (χ2n) is 5.45. The van der Waals surface area contributed by atoms with E-state index in [1.54, 1.807) is 34.6 Å². The number of carboxylic acids is 1. The highest BCUT2D eigenvalue weighted by Gasteiger charge is 2.37. The van der Waals surface area contributed by atoms with Crippen LogP contribution in [-0.4, -0.2) is 39.3 Å². The molecule has 0 fully saturated rings. The van der Waals surface area contributed by atoms with Crippen molar-refractivity contribution in [3.63, 3.8) is 0 Å². The van der Waals surface area contributed by atoms with Gasteiger partial charge in [-0.1, -0.05) is 6.92 Å². The van der Waals surface area contributed by atoms with Crippen molar-refractivity contribution in [1.29, 1.82) is 0 Å². The summed E-state index contributed by atoms with van der Waals surface area (Å²) in [6, 6.07) is -0.989. The number of rotatable bonds is 5. The van der Waals surface area contributed by atoms with E-state index < -0.39 is 28.5 Å². The first kappa shape index (κ1) is 17.1. The van der Waals surface area contributed by atoms with Gasteiger partial charge >= 0.3 is 12.1 Å². The van der Waals surface area contributed by atoms with Gasteiger partial charge in [-0.05, 0) is 40.4 Å². The molecule has 0 saturated heterocycles. The highest BCUT2D eigenvalue weighted by Crippen LogP contribution is 2.28. The van der Waals surface area contributed by atoms with Gasteiger partial charge in [0, 0.05) is 4.75 Å². The highest BCUT2D eigenvalue weighted by atomic mass is 32.2. The molecule has 0 aromatic rings. The lowest BCUT2D eigenvalue weighted by Crippen LogP contribution is -2.53. The summed E-state index contributed by atoms with van der Waals surface area (Å²) >= 11 is 1.48. The van der Waals surface area contributed by atoms with E-state index in [-0.39, 0.29) is 0 Å². The largest absolute Gasteiger partial charge is 0.480 e. The molecule has 1 atom stereocenters. The van der Waals surface area contributed by atoms with Crippen LogP contribution in [0.1, 0.15) is 41.5 Å². The van der Waals surface area contributed by atoms with Gasteiger partial charge in [-0.3, -0.25) is 0 Å². The Bertz CT molecular complexity index is 310. The fraction of sp³-hybridized carbons (Fsp3) is 0.833. The molecule has 18 heavy (non-hydrogen) atoms. The summed E-state index contributed by atoms with van der Waals surface area (Å²) < 4.78 is 4.47. The van der Waals surface area contributed by atoms with Crippen LogP contribution in [0.5, 0.6) is 0 Å². The minimum atomic E-state index is -1.06. The number of nitrogens with one attached hydrogen (secondary N) is 1. The maximum absolute atomic E-state index is 11.6. The van der Waals surface area contributed by atoms with Crippen molar-refractivity contribution in [3.05, 3.63) is 0 Å². The topological polar surface area (TPSA) is 75.6 Å². The Morgan fingerprint density at radius 2 is 1.78 bits per heavy atom. The molecular formula is C12H23NO4S. The van der Waals surface area contributed by atoms with Crippen molar-refractivity contribution in [2.24, 2.45) is 0 Å². The van der Waals surface area contributed by atoms with Gasteiger partial charge in [0.15, 0.2) is 0 Å². The van der Waals surface area contributed by atoms with Gasteiger partial charge in [0.05, 0.1) is 0 Å². The molecule has 0 aliphatic rings. The summed E-state index contributed by atoms with van der Waals surface area (Å²) in [7, 11) is 0. The number of hydrogen-bond donors (Lipinski definition) is 2. The standard InChI is InChI=1S/C12H23NO4S/c1-7-18-12(5,6)8(9(14)15)13-10(16)17-11(2,3)4/h8H,7H2,1-6H3,(H,13,16)(H,14,15). The predicted molar refractivity (Wildman–Crippen MR) is 73.0 cm³/mol. The number of carbonyl (C=O) groups is 2. The number of amides is 1. The first-order valence-corrected chi connectivity index (χ1v) is 6.84. The van der Waals surface area contributed by atoms with E-state index in [1.165, 1.54) is 11.8 Å². The van der Waals surface area contributed by atoms with Crippen LogP contribution in [0.25, 0.3) is 0 Å². The number of hydrogen-bond acceptors (Lipinski definition) is 4. The van der Waals surface area contributed by atoms with E-state index in [0.717, 1.165) is 5.75 Å². The van der Waals surface area contributed by atoms with E-state index >= 15 is 0 Å². The van der Waals surface area contributed by atoms with E-state index in [4.69, 9.17) is 4.74 Å². The number of carboxylic acid groups (broad SMARTS) is 1. The zero-order valence-electron chi connectivity index (χ0n) is 11.9. The fourth-order valence-electron chi connectivity index (χ4n) is 1.41. The van der Waals surface area contributed by atoms with Gasteiger partial charge in [-0.25, -0.2) is 9.59 Å². The minimum absolute atomic E-state index is 0.600. The van der Waals surface area contributed by atoms with Crippen LogP contribution in [0.15, 0.2) is 0 Å². The monoisotopic (exact) mass is 277 g/mol. The molecule has 0 heterocycles. The van der Waals surface area contributed by atoms with Crippen LogP contribution in [0.2, 0.25) is 0 Å². The van der Waals surface area contributed by atoms with E-state index in [1.807, 2.05) is 6.92 Å². The van der Waals surface area contributed by atoms with Gasteiger partial charge in [0.2, 0.25) is 0 Å². The molecule has 6 heteroatoms. The van der Waals surface area contributed by atoms with E-state index in [9.17, 15) is 14.7 Å². The third-order valence-electron chi connectivity index (χ3n) is 2.12. The number of aliphatic carboxylic acids is 1. The van der Waals surface area contributed by atoms with Crippen LogP contribution >= 0.6 is 11.8 Å². The molecule has 0 saturated carbocycles. The Balaban J connectivity index is 4.75. The molecule has 0 aliphatic carbocycles. The van der Waals surface area contributed by atoms with Crippen molar-refractivity contribution in [2.75, 3.05) is 5.75 Å². The van der Waals surface area contributed by atoms with Crippen molar-refractivity contribution in [1.82, 2.24) is 5.32 Å². The third kappa shape index (κ3) is 6.14. The fourth-order valence-corrected chi connectivity index (χ4v) is 2.48. The van der Waals surface area contributed by atoms with Crippen molar-refractivity contribution >= 4 is 23.8 Å².